The number of nitrogens with zero attached hydrogens (tertiary/aromatic N) is 1. The first kappa shape index (κ1) is 13.7. The maximum atomic E-state index is 13.3. The van der Waals surface area contributed by atoms with Crippen molar-refractivity contribution in [3.8, 4) is 0 Å². The van der Waals surface area contributed by atoms with Crippen LogP contribution in [-0.4, -0.2) is 46.2 Å². The Hall–Kier alpha value is -1.40. The summed E-state index contributed by atoms with van der Waals surface area (Å²) in [5, 5.41) is 8.74. The molecule has 0 aromatic rings. The van der Waals surface area contributed by atoms with E-state index in [1.165, 1.54) is 0 Å². The number of aliphatic carboxylic acids is 1. The minimum atomic E-state index is -3.41. The minimum absolute atomic E-state index is 0.321. The van der Waals surface area contributed by atoms with Crippen LogP contribution in [0.5, 0.6) is 0 Å². The van der Waals surface area contributed by atoms with Crippen molar-refractivity contribution in [1.29, 1.82) is 0 Å². The lowest BCUT2D eigenvalue weighted by Crippen LogP contribution is -2.49. The van der Waals surface area contributed by atoms with Crippen LogP contribution in [0, 0.1) is 0 Å². The molecule has 5 nitrogen and oxygen atoms in total. The second kappa shape index (κ2) is 4.12. The summed E-state index contributed by atoms with van der Waals surface area (Å²) in [6.07, 6.45) is -1.69. The Labute approximate surface area is 97.3 Å². The Balaban J connectivity index is 2.85. The van der Waals surface area contributed by atoms with Gasteiger partial charge in [-0.3, -0.25) is 4.90 Å². The lowest BCUT2D eigenvalue weighted by atomic mass is 10.1. The van der Waals surface area contributed by atoms with Gasteiger partial charge in [0.15, 0.2) is 6.04 Å². The molecule has 1 fully saturated rings. The highest BCUT2D eigenvalue weighted by atomic mass is 19.3. The SMILES string of the molecule is CC(C)(C)OC(=O)N1CCC(F)(F)[C@@H]1C(=O)O. The van der Waals surface area contributed by atoms with Crippen LogP contribution in [-0.2, 0) is 9.53 Å². The fourth-order valence-corrected chi connectivity index (χ4v) is 1.59. The molecule has 0 saturated carbocycles. The molecule has 1 aliphatic rings. The topological polar surface area (TPSA) is 66.8 Å². The first-order chi connectivity index (χ1) is 7.54. The van der Waals surface area contributed by atoms with Crippen molar-refractivity contribution >= 4 is 12.1 Å². The molecule has 1 aliphatic heterocycles. The summed E-state index contributed by atoms with van der Waals surface area (Å²) in [4.78, 5) is 22.9. The molecule has 0 aliphatic carbocycles. The third-order valence-electron chi connectivity index (χ3n) is 2.26. The largest absolute Gasteiger partial charge is 0.480 e. The first-order valence-electron chi connectivity index (χ1n) is 5.15. The van der Waals surface area contributed by atoms with Crippen molar-refractivity contribution in [2.75, 3.05) is 6.54 Å². The number of hydrogen-bond donors (Lipinski definition) is 1. The van der Waals surface area contributed by atoms with Gasteiger partial charge in [-0.15, -0.1) is 0 Å². The molecule has 1 atom stereocenters. The average molecular weight is 251 g/mol. The summed E-state index contributed by atoms with van der Waals surface area (Å²) < 4.78 is 31.4. The molecular weight excluding hydrogens is 236 g/mol. The zero-order valence-corrected chi connectivity index (χ0v) is 9.87. The lowest BCUT2D eigenvalue weighted by molar-refractivity contribution is -0.152. The number of carboxylic acids is 1. The second-order valence-electron chi connectivity index (χ2n) is 4.93. The van der Waals surface area contributed by atoms with Crippen molar-refractivity contribution in [2.24, 2.45) is 0 Å². The monoisotopic (exact) mass is 251 g/mol. The van der Waals surface area contributed by atoms with Gasteiger partial charge < -0.3 is 9.84 Å². The number of ether oxygens (including phenoxy) is 1. The molecule has 0 bridgehead atoms. The number of halogens is 2. The summed E-state index contributed by atoms with van der Waals surface area (Å²) in [5.74, 6) is -5.14. The molecule has 0 radical (unpaired) electrons. The summed E-state index contributed by atoms with van der Waals surface area (Å²) in [6.45, 7) is 4.41. The van der Waals surface area contributed by atoms with Crippen LogP contribution in [0.1, 0.15) is 27.2 Å². The predicted molar refractivity (Wildman–Crippen MR) is 53.9 cm³/mol. The van der Waals surface area contributed by atoms with Crippen molar-refractivity contribution < 1.29 is 28.2 Å². The summed E-state index contributed by atoms with van der Waals surface area (Å²) in [7, 11) is 0. The first-order valence-corrected chi connectivity index (χ1v) is 5.15. The quantitative estimate of drug-likeness (QED) is 0.770. The number of alkyl halides is 2. The molecule has 98 valence electrons. The maximum absolute atomic E-state index is 13.3. The van der Waals surface area contributed by atoms with Crippen LogP contribution in [0.4, 0.5) is 13.6 Å². The molecule has 1 saturated heterocycles. The molecule has 0 spiro atoms. The van der Waals surface area contributed by atoms with Gasteiger partial charge in [-0.2, -0.15) is 0 Å². The van der Waals surface area contributed by atoms with Crippen LogP contribution in [0.2, 0.25) is 0 Å². The van der Waals surface area contributed by atoms with Gasteiger partial charge in [0.2, 0.25) is 0 Å². The molecule has 0 unspecified atom stereocenters. The smallest absolute Gasteiger partial charge is 0.411 e. The summed E-state index contributed by atoms with van der Waals surface area (Å²) in [5.41, 5.74) is -0.849. The van der Waals surface area contributed by atoms with E-state index in [1.807, 2.05) is 0 Å². The van der Waals surface area contributed by atoms with Crippen LogP contribution in [0.15, 0.2) is 0 Å². The zero-order valence-electron chi connectivity index (χ0n) is 9.87. The van der Waals surface area contributed by atoms with Gasteiger partial charge in [0, 0.05) is 13.0 Å². The lowest BCUT2D eigenvalue weighted by Gasteiger charge is -2.27. The van der Waals surface area contributed by atoms with Crippen LogP contribution in [0.3, 0.4) is 0 Å². The Morgan fingerprint density at radius 2 is 1.94 bits per heavy atom. The molecule has 1 heterocycles. The van der Waals surface area contributed by atoms with Crippen molar-refractivity contribution in [3.63, 3.8) is 0 Å². The highest BCUT2D eigenvalue weighted by Crippen LogP contribution is 2.34. The number of carboxylic acid groups (broad SMARTS) is 1. The number of rotatable bonds is 1. The summed E-state index contributed by atoms with van der Waals surface area (Å²) >= 11 is 0. The van der Waals surface area contributed by atoms with Crippen LogP contribution < -0.4 is 0 Å². The fraction of sp³-hybridized carbons (Fsp3) is 0.800. The van der Waals surface area contributed by atoms with Gasteiger partial charge in [0.1, 0.15) is 5.60 Å². The molecule has 1 rings (SSSR count). The summed E-state index contributed by atoms with van der Waals surface area (Å²) in [6, 6.07) is -2.14. The fourth-order valence-electron chi connectivity index (χ4n) is 1.59. The van der Waals surface area contributed by atoms with E-state index in [0.29, 0.717) is 4.90 Å². The molecular formula is C10H15F2NO4. The van der Waals surface area contributed by atoms with Gasteiger partial charge in [-0.1, -0.05) is 0 Å². The minimum Gasteiger partial charge on any atom is -0.480 e. The van der Waals surface area contributed by atoms with Gasteiger partial charge in [0.05, 0.1) is 0 Å². The maximum Gasteiger partial charge on any atom is 0.411 e. The van der Waals surface area contributed by atoms with E-state index >= 15 is 0 Å². The van der Waals surface area contributed by atoms with Gasteiger partial charge in [0.25, 0.3) is 5.92 Å². The van der Waals surface area contributed by atoms with E-state index in [2.05, 4.69) is 0 Å². The van der Waals surface area contributed by atoms with E-state index < -0.39 is 36.0 Å². The van der Waals surface area contributed by atoms with Gasteiger partial charge in [-0.25, -0.2) is 18.4 Å². The van der Waals surface area contributed by atoms with E-state index in [0.717, 1.165) is 0 Å². The highest BCUT2D eigenvalue weighted by molar-refractivity contribution is 5.82. The van der Waals surface area contributed by atoms with Crippen molar-refractivity contribution in [2.45, 2.75) is 44.8 Å². The standard InChI is InChI=1S/C10H15F2NO4/c1-9(2,3)17-8(16)13-5-4-10(11,12)6(13)7(14)15/h6H,4-5H2,1-3H3,(H,14,15)/t6-/m0/s1. The predicted octanol–water partition coefficient (Wildman–Crippen LogP) is 1.72. The van der Waals surface area contributed by atoms with E-state index in [-0.39, 0.29) is 6.54 Å². The van der Waals surface area contributed by atoms with Crippen LogP contribution >= 0.6 is 0 Å². The number of amides is 1. The molecule has 1 N–H and O–H groups in total. The zero-order chi connectivity index (χ0) is 13.4. The van der Waals surface area contributed by atoms with E-state index in [1.54, 1.807) is 20.8 Å². The van der Waals surface area contributed by atoms with E-state index in [4.69, 9.17) is 9.84 Å². The van der Waals surface area contributed by atoms with E-state index in [9.17, 15) is 18.4 Å². The Morgan fingerprint density at radius 1 is 1.41 bits per heavy atom. The Kier molecular flexibility index (Phi) is 3.31. The normalized spacial score (nSPS) is 23.6. The molecule has 17 heavy (non-hydrogen) atoms. The molecule has 0 aromatic carbocycles. The second-order valence-corrected chi connectivity index (χ2v) is 4.93. The number of carbonyl (C=O) groups is 2. The van der Waals surface area contributed by atoms with Gasteiger partial charge >= 0.3 is 12.1 Å². The van der Waals surface area contributed by atoms with Crippen molar-refractivity contribution in [3.05, 3.63) is 0 Å². The molecule has 0 aromatic heterocycles. The molecule has 7 heteroatoms. The third-order valence-corrected chi connectivity index (χ3v) is 2.26. The van der Waals surface area contributed by atoms with Gasteiger partial charge in [-0.05, 0) is 20.8 Å². The van der Waals surface area contributed by atoms with Crippen LogP contribution in [0.25, 0.3) is 0 Å². The Bertz CT molecular complexity index is 338. The third kappa shape index (κ3) is 3.04. The number of hydrogen-bond acceptors (Lipinski definition) is 3. The highest BCUT2D eigenvalue weighted by Gasteiger charge is 2.55. The number of likely N-dealkylation sites (tertiary alicyclic amines) is 1. The average Bonchev–Trinajstić information content (AvgIpc) is 2.37. The molecule has 1 amide bonds. The Morgan fingerprint density at radius 3 is 2.35 bits per heavy atom. The number of carbonyl (C=O) groups excluding carboxylic acids is 1. The van der Waals surface area contributed by atoms with Crippen molar-refractivity contribution in [1.82, 2.24) is 4.90 Å².